The molecule has 1 aliphatic heterocycles. The van der Waals surface area contributed by atoms with Crippen LogP contribution in [0.25, 0.3) is 16.8 Å². The Balaban J connectivity index is 0.903. The highest BCUT2D eigenvalue weighted by Crippen LogP contribution is 2.60. The normalized spacial score (nSPS) is 23.5. The van der Waals surface area contributed by atoms with E-state index in [9.17, 15) is 31.2 Å². The first-order chi connectivity index (χ1) is 26.2. The SMILES string of the molecule is CCOc1cccc(-c2cnn(-c3cc(C(=O)N4CCN(c5ccc(C(=O)NS(=O)(=O)CC67CC8CC(CC(C8)C6)C7)nn5)CC4)cc(C(F)(F)F)c3)c2)c1. The molecule has 0 radical (unpaired) electrons. The minimum absolute atomic E-state index is 0.0555. The molecule has 4 aliphatic carbocycles. The second kappa shape index (κ2) is 14.3. The third-order valence-corrected chi connectivity index (χ3v) is 13.0. The molecular weight excluding hydrogens is 736 g/mol. The van der Waals surface area contributed by atoms with E-state index in [4.69, 9.17) is 4.74 Å². The van der Waals surface area contributed by atoms with Crippen molar-refractivity contribution in [2.75, 3.05) is 43.4 Å². The summed E-state index contributed by atoms with van der Waals surface area (Å²) in [4.78, 5) is 29.9. The van der Waals surface area contributed by atoms with E-state index in [1.165, 1.54) is 41.0 Å². The van der Waals surface area contributed by atoms with Crippen LogP contribution in [0.15, 0.2) is 67.0 Å². The quantitative estimate of drug-likeness (QED) is 0.206. The Morgan fingerprint density at radius 3 is 2.25 bits per heavy atom. The number of halogens is 3. The molecule has 0 unspecified atom stereocenters. The third kappa shape index (κ3) is 7.91. The third-order valence-electron chi connectivity index (χ3n) is 11.5. The van der Waals surface area contributed by atoms with Gasteiger partial charge in [0, 0.05) is 43.5 Å². The van der Waals surface area contributed by atoms with Crippen LogP contribution in [0.3, 0.4) is 0 Å². The number of benzene rings is 2. The van der Waals surface area contributed by atoms with Crippen LogP contribution in [0, 0.1) is 23.2 Å². The van der Waals surface area contributed by atoms with Crippen LogP contribution in [0.4, 0.5) is 19.0 Å². The lowest BCUT2D eigenvalue weighted by molar-refractivity contribution is -0.137. The summed E-state index contributed by atoms with van der Waals surface area (Å²) in [5.74, 6) is 1.38. The van der Waals surface area contributed by atoms with E-state index in [0.29, 0.717) is 54.6 Å². The molecule has 9 rings (SSSR count). The summed E-state index contributed by atoms with van der Waals surface area (Å²) in [6.45, 7) is 3.35. The zero-order valence-corrected chi connectivity index (χ0v) is 31.2. The Hall–Kier alpha value is -4.99. The minimum Gasteiger partial charge on any atom is -0.494 e. The van der Waals surface area contributed by atoms with Crippen molar-refractivity contribution in [3.05, 3.63) is 83.8 Å². The van der Waals surface area contributed by atoms with Gasteiger partial charge in [-0.25, -0.2) is 17.8 Å². The van der Waals surface area contributed by atoms with Crippen molar-refractivity contribution in [2.24, 2.45) is 23.2 Å². The number of nitrogens with zero attached hydrogens (tertiary/aromatic N) is 6. The molecule has 16 heteroatoms. The summed E-state index contributed by atoms with van der Waals surface area (Å²) in [7, 11) is -3.89. The number of carbonyl (C=O) groups is 2. The van der Waals surface area contributed by atoms with Crippen molar-refractivity contribution in [1.29, 1.82) is 0 Å². The number of sulfonamides is 1. The van der Waals surface area contributed by atoms with Gasteiger partial charge < -0.3 is 14.5 Å². The van der Waals surface area contributed by atoms with Crippen LogP contribution in [0.1, 0.15) is 71.9 Å². The molecule has 2 aromatic carbocycles. The van der Waals surface area contributed by atoms with Crippen molar-refractivity contribution >= 4 is 27.7 Å². The van der Waals surface area contributed by atoms with Crippen molar-refractivity contribution in [3.63, 3.8) is 0 Å². The molecule has 5 fully saturated rings. The van der Waals surface area contributed by atoms with Crippen LogP contribution in [0.5, 0.6) is 5.75 Å². The van der Waals surface area contributed by atoms with Gasteiger partial charge in [-0.15, -0.1) is 10.2 Å². The summed E-state index contributed by atoms with van der Waals surface area (Å²) in [5, 5.41) is 12.5. The lowest BCUT2D eigenvalue weighted by Gasteiger charge is -2.56. The van der Waals surface area contributed by atoms with Crippen LogP contribution < -0.4 is 14.4 Å². The fourth-order valence-corrected chi connectivity index (χ4v) is 11.2. The van der Waals surface area contributed by atoms with Crippen molar-refractivity contribution in [2.45, 2.75) is 51.6 Å². The maximum Gasteiger partial charge on any atom is 0.416 e. The molecule has 2 amide bonds. The lowest BCUT2D eigenvalue weighted by atomic mass is 9.50. The van der Waals surface area contributed by atoms with Gasteiger partial charge in [-0.1, -0.05) is 12.1 Å². The second-order valence-electron chi connectivity index (χ2n) is 15.6. The molecule has 4 bridgehead atoms. The van der Waals surface area contributed by atoms with Crippen LogP contribution in [-0.4, -0.2) is 83.6 Å². The maximum absolute atomic E-state index is 14.1. The number of ether oxygens (including phenoxy) is 1. The first-order valence-corrected chi connectivity index (χ1v) is 20.3. The second-order valence-corrected chi connectivity index (χ2v) is 17.3. The van der Waals surface area contributed by atoms with Crippen LogP contribution in [-0.2, 0) is 16.2 Å². The lowest BCUT2D eigenvalue weighted by Crippen LogP contribution is -2.51. The molecule has 4 saturated carbocycles. The van der Waals surface area contributed by atoms with E-state index in [2.05, 4.69) is 20.0 Å². The fourth-order valence-electron chi connectivity index (χ4n) is 9.61. The zero-order valence-electron chi connectivity index (χ0n) is 30.3. The number of aromatic nitrogens is 4. The average Bonchev–Trinajstić information content (AvgIpc) is 3.64. The van der Waals surface area contributed by atoms with Crippen molar-refractivity contribution < 1.29 is 35.9 Å². The molecular formula is C39H42F3N7O5S. The number of amides is 2. The number of piperazine rings is 1. The van der Waals surface area contributed by atoms with E-state index in [1.54, 1.807) is 18.5 Å². The molecule has 1 saturated heterocycles. The fraction of sp³-hybridized carbons (Fsp3) is 0.462. The molecule has 4 aromatic rings. The summed E-state index contributed by atoms with van der Waals surface area (Å²) >= 11 is 0. The average molecular weight is 778 g/mol. The predicted molar refractivity (Wildman–Crippen MR) is 197 cm³/mol. The molecule has 5 aliphatic rings. The molecule has 2 aromatic heterocycles. The van der Waals surface area contributed by atoms with Gasteiger partial charge in [-0.05, 0) is 117 Å². The molecule has 55 heavy (non-hydrogen) atoms. The molecule has 290 valence electrons. The van der Waals surface area contributed by atoms with Crippen molar-refractivity contribution in [1.82, 2.24) is 29.6 Å². The molecule has 0 atom stereocenters. The monoisotopic (exact) mass is 777 g/mol. The number of alkyl halides is 3. The van der Waals surface area contributed by atoms with Gasteiger partial charge in [0.25, 0.3) is 11.8 Å². The zero-order chi connectivity index (χ0) is 38.5. The first-order valence-electron chi connectivity index (χ1n) is 18.7. The highest BCUT2D eigenvalue weighted by molar-refractivity contribution is 7.90. The standard InChI is InChI=1S/C39H42F3N7O5S/c1-2-54-33-5-3-4-28(17-33)30-22-43-49(23-30)32-16-29(15-31(18-32)39(40,41)42)37(51)48-10-8-47(9-11-48)35-7-6-34(44-45-35)36(50)46-55(52,53)24-38-19-25-12-26(20-38)14-27(13-25)21-38/h3-7,15-18,22-23,25-27H,2,8-14,19-21,24H2,1H3,(H,46,50). The Morgan fingerprint density at radius 2 is 1.62 bits per heavy atom. The van der Waals surface area contributed by atoms with E-state index in [1.807, 2.05) is 36.1 Å². The molecule has 0 spiro atoms. The Bertz CT molecular complexity index is 2170. The van der Waals surface area contributed by atoms with Gasteiger partial charge in [-0.3, -0.25) is 9.59 Å². The van der Waals surface area contributed by atoms with E-state index in [-0.39, 0.29) is 41.2 Å². The van der Waals surface area contributed by atoms with Gasteiger partial charge in [0.1, 0.15) is 5.75 Å². The van der Waals surface area contributed by atoms with E-state index in [0.717, 1.165) is 37.0 Å². The van der Waals surface area contributed by atoms with Crippen LogP contribution >= 0.6 is 0 Å². The van der Waals surface area contributed by atoms with E-state index >= 15 is 0 Å². The summed E-state index contributed by atoms with van der Waals surface area (Å²) in [5.41, 5.74) is 0.0439. The Labute approximate surface area is 317 Å². The highest BCUT2D eigenvalue weighted by atomic mass is 32.2. The van der Waals surface area contributed by atoms with E-state index < -0.39 is 33.6 Å². The largest absolute Gasteiger partial charge is 0.494 e. The summed E-state index contributed by atoms with van der Waals surface area (Å²) in [6.07, 6.45) is 4.72. The van der Waals surface area contributed by atoms with Gasteiger partial charge in [0.05, 0.1) is 29.8 Å². The van der Waals surface area contributed by atoms with Gasteiger partial charge in [-0.2, -0.15) is 18.3 Å². The molecule has 12 nitrogen and oxygen atoms in total. The Kier molecular flexibility index (Phi) is 9.58. The summed E-state index contributed by atoms with van der Waals surface area (Å²) < 4.78 is 77.6. The molecule has 1 N–H and O–H groups in total. The van der Waals surface area contributed by atoms with Crippen LogP contribution in [0.2, 0.25) is 0 Å². The number of rotatable bonds is 10. The summed E-state index contributed by atoms with van der Waals surface area (Å²) in [6, 6.07) is 13.5. The van der Waals surface area contributed by atoms with Gasteiger partial charge >= 0.3 is 6.18 Å². The number of nitrogens with one attached hydrogen (secondary N) is 1. The number of anilines is 1. The predicted octanol–water partition coefficient (Wildman–Crippen LogP) is 5.99. The number of hydrogen-bond donors (Lipinski definition) is 1. The topological polar surface area (TPSA) is 140 Å². The Morgan fingerprint density at radius 1 is 0.909 bits per heavy atom. The van der Waals surface area contributed by atoms with Crippen molar-refractivity contribution in [3.8, 4) is 22.6 Å². The number of carbonyl (C=O) groups excluding carboxylic acids is 2. The molecule has 3 heterocycles. The maximum atomic E-state index is 14.1. The smallest absolute Gasteiger partial charge is 0.416 e. The minimum atomic E-state index is -4.70. The number of hydrogen-bond acceptors (Lipinski definition) is 9. The highest BCUT2D eigenvalue weighted by Gasteiger charge is 2.52. The van der Waals surface area contributed by atoms with Gasteiger partial charge in [0.2, 0.25) is 10.0 Å². The van der Waals surface area contributed by atoms with Gasteiger partial charge in [0.15, 0.2) is 11.5 Å². The first kappa shape index (κ1) is 37.0.